The third-order valence-electron chi connectivity index (χ3n) is 1.72. The molecule has 3 nitrogen and oxygen atoms in total. The van der Waals surface area contributed by atoms with Crippen molar-refractivity contribution in [2.45, 2.75) is 0 Å². The van der Waals surface area contributed by atoms with Crippen molar-refractivity contribution in [3.63, 3.8) is 0 Å². The van der Waals surface area contributed by atoms with Crippen LogP contribution in [-0.2, 0) is 0 Å². The van der Waals surface area contributed by atoms with E-state index in [0.29, 0.717) is 11.5 Å². The Morgan fingerprint density at radius 2 is 2.08 bits per heavy atom. The SMILES string of the molecule is Nc1ccccc1-c1n[c]ccn1. The Labute approximate surface area is 76.3 Å². The zero-order valence-corrected chi connectivity index (χ0v) is 6.94. The molecule has 0 saturated heterocycles. The van der Waals surface area contributed by atoms with Crippen LogP contribution < -0.4 is 5.73 Å². The van der Waals surface area contributed by atoms with Crippen molar-refractivity contribution in [3.05, 3.63) is 42.7 Å². The number of benzene rings is 1. The van der Waals surface area contributed by atoms with Gasteiger partial charge in [-0.05, 0) is 18.2 Å². The van der Waals surface area contributed by atoms with Crippen LogP contribution in [0.4, 0.5) is 5.69 Å². The van der Waals surface area contributed by atoms with Gasteiger partial charge >= 0.3 is 0 Å². The van der Waals surface area contributed by atoms with Crippen LogP contribution in [0, 0.1) is 6.20 Å². The van der Waals surface area contributed by atoms with Crippen molar-refractivity contribution < 1.29 is 0 Å². The first-order chi connectivity index (χ1) is 6.38. The fraction of sp³-hybridized carbons (Fsp3) is 0. The smallest absolute Gasteiger partial charge is 0.161 e. The van der Waals surface area contributed by atoms with Gasteiger partial charge in [0.2, 0.25) is 0 Å². The molecule has 2 aromatic rings. The van der Waals surface area contributed by atoms with Gasteiger partial charge in [0.05, 0.1) is 6.20 Å². The third kappa shape index (κ3) is 1.49. The lowest BCUT2D eigenvalue weighted by molar-refractivity contribution is 1.17. The van der Waals surface area contributed by atoms with Crippen molar-refractivity contribution in [3.8, 4) is 11.4 Å². The molecule has 1 aromatic heterocycles. The van der Waals surface area contributed by atoms with Gasteiger partial charge in [-0.25, -0.2) is 9.97 Å². The van der Waals surface area contributed by atoms with Crippen LogP contribution in [0.15, 0.2) is 36.5 Å². The molecule has 0 aliphatic rings. The number of rotatable bonds is 1. The summed E-state index contributed by atoms with van der Waals surface area (Å²) in [5.41, 5.74) is 7.29. The van der Waals surface area contributed by atoms with Crippen molar-refractivity contribution in [2.75, 3.05) is 5.73 Å². The molecule has 3 heteroatoms. The Kier molecular flexibility index (Phi) is 1.92. The topological polar surface area (TPSA) is 51.8 Å². The maximum atomic E-state index is 5.76. The quantitative estimate of drug-likeness (QED) is 0.660. The van der Waals surface area contributed by atoms with E-state index in [4.69, 9.17) is 5.73 Å². The monoisotopic (exact) mass is 170 g/mol. The Morgan fingerprint density at radius 3 is 2.77 bits per heavy atom. The molecule has 0 spiro atoms. The second kappa shape index (κ2) is 3.23. The van der Waals surface area contributed by atoms with Gasteiger partial charge in [-0.1, -0.05) is 12.1 Å². The third-order valence-corrected chi connectivity index (χ3v) is 1.72. The molecule has 0 amide bonds. The van der Waals surface area contributed by atoms with Crippen molar-refractivity contribution in [1.82, 2.24) is 9.97 Å². The predicted octanol–water partition coefficient (Wildman–Crippen LogP) is 1.53. The van der Waals surface area contributed by atoms with Gasteiger partial charge in [0.25, 0.3) is 0 Å². The van der Waals surface area contributed by atoms with Crippen LogP contribution in [0.2, 0.25) is 0 Å². The van der Waals surface area contributed by atoms with Crippen molar-refractivity contribution in [2.24, 2.45) is 0 Å². The maximum absolute atomic E-state index is 5.76. The van der Waals surface area contributed by atoms with E-state index in [1.165, 1.54) is 0 Å². The zero-order chi connectivity index (χ0) is 9.10. The Balaban J connectivity index is 2.54. The normalized spacial score (nSPS) is 9.85. The number of nitrogens with two attached hydrogens (primary N) is 1. The summed E-state index contributed by atoms with van der Waals surface area (Å²) >= 11 is 0. The molecule has 0 saturated carbocycles. The summed E-state index contributed by atoms with van der Waals surface area (Å²) in [5, 5.41) is 0. The van der Waals surface area contributed by atoms with Crippen LogP contribution in [-0.4, -0.2) is 9.97 Å². The van der Waals surface area contributed by atoms with Crippen molar-refractivity contribution >= 4 is 5.69 Å². The first-order valence-electron chi connectivity index (χ1n) is 3.92. The summed E-state index contributed by atoms with van der Waals surface area (Å²) in [7, 11) is 0. The van der Waals surface area contributed by atoms with Gasteiger partial charge in [-0.3, -0.25) is 0 Å². The molecule has 0 fully saturated rings. The zero-order valence-electron chi connectivity index (χ0n) is 6.94. The highest BCUT2D eigenvalue weighted by Crippen LogP contribution is 2.20. The predicted molar refractivity (Wildman–Crippen MR) is 50.7 cm³/mol. The number of aromatic nitrogens is 2. The van der Waals surface area contributed by atoms with E-state index in [0.717, 1.165) is 5.56 Å². The second-order valence-electron chi connectivity index (χ2n) is 2.60. The largest absolute Gasteiger partial charge is 0.398 e. The lowest BCUT2D eigenvalue weighted by Gasteiger charge is -2.01. The van der Waals surface area contributed by atoms with E-state index < -0.39 is 0 Å². The molecule has 2 rings (SSSR count). The summed E-state index contributed by atoms with van der Waals surface area (Å²) in [5.74, 6) is 0.612. The molecule has 13 heavy (non-hydrogen) atoms. The molecule has 0 atom stereocenters. The highest BCUT2D eigenvalue weighted by Gasteiger charge is 2.02. The minimum atomic E-state index is 0.612. The molecule has 1 heterocycles. The number of para-hydroxylation sites is 1. The standard InChI is InChI=1S/C10H8N3/c11-9-5-2-1-4-8(9)10-12-6-3-7-13-10/h1-6H,11H2. The highest BCUT2D eigenvalue weighted by atomic mass is 14.9. The van der Waals surface area contributed by atoms with E-state index >= 15 is 0 Å². The van der Waals surface area contributed by atoms with E-state index in [2.05, 4.69) is 16.2 Å². The van der Waals surface area contributed by atoms with Gasteiger partial charge in [-0.2, -0.15) is 0 Å². The molecular formula is C10H8N3. The fourth-order valence-corrected chi connectivity index (χ4v) is 1.10. The Morgan fingerprint density at radius 1 is 1.23 bits per heavy atom. The molecule has 0 aliphatic heterocycles. The lowest BCUT2D eigenvalue weighted by atomic mass is 10.2. The molecule has 0 bridgehead atoms. The summed E-state index contributed by atoms with van der Waals surface area (Å²) < 4.78 is 0. The number of hydrogen-bond donors (Lipinski definition) is 1. The van der Waals surface area contributed by atoms with Crippen LogP contribution in [0.3, 0.4) is 0 Å². The second-order valence-corrected chi connectivity index (χ2v) is 2.60. The average molecular weight is 170 g/mol. The van der Waals surface area contributed by atoms with Crippen molar-refractivity contribution in [1.29, 1.82) is 0 Å². The first kappa shape index (κ1) is 7.73. The first-order valence-corrected chi connectivity index (χ1v) is 3.92. The van der Waals surface area contributed by atoms with E-state index in [9.17, 15) is 0 Å². The summed E-state index contributed by atoms with van der Waals surface area (Å²) in [4.78, 5) is 8.08. The molecule has 0 unspecified atom stereocenters. The van der Waals surface area contributed by atoms with Crippen LogP contribution in [0.1, 0.15) is 0 Å². The van der Waals surface area contributed by atoms with E-state index in [-0.39, 0.29) is 0 Å². The number of anilines is 1. The maximum Gasteiger partial charge on any atom is 0.161 e. The number of hydrogen-bond acceptors (Lipinski definition) is 3. The van der Waals surface area contributed by atoms with Gasteiger partial charge in [-0.15, -0.1) is 0 Å². The Hall–Kier alpha value is -1.90. The average Bonchev–Trinajstić information content (AvgIpc) is 2.20. The number of nitrogen functional groups attached to an aromatic ring is 1. The minimum Gasteiger partial charge on any atom is -0.398 e. The highest BCUT2D eigenvalue weighted by molar-refractivity contribution is 5.70. The molecule has 0 aliphatic carbocycles. The van der Waals surface area contributed by atoms with E-state index in [1.807, 2.05) is 24.3 Å². The van der Waals surface area contributed by atoms with Gasteiger partial charge in [0.15, 0.2) is 5.82 Å². The minimum absolute atomic E-state index is 0.612. The Bertz CT molecular complexity index is 398. The molecule has 63 valence electrons. The molecule has 1 aromatic carbocycles. The van der Waals surface area contributed by atoms with Gasteiger partial charge in [0, 0.05) is 17.4 Å². The lowest BCUT2D eigenvalue weighted by Crippen LogP contribution is -1.93. The van der Waals surface area contributed by atoms with E-state index in [1.54, 1.807) is 12.3 Å². The summed E-state index contributed by atoms with van der Waals surface area (Å²) in [6.07, 6.45) is 4.37. The summed E-state index contributed by atoms with van der Waals surface area (Å²) in [6.45, 7) is 0. The molecular weight excluding hydrogens is 162 g/mol. The van der Waals surface area contributed by atoms with Crippen LogP contribution in [0.25, 0.3) is 11.4 Å². The summed E-state index contributed by atoms with van der Waals surface area (Å²) in [6, 6.07) is 9.15. The molecule has 2 N–H and O–H groups in total. The fourth-order valence-electron chi connectivity index (χ4n) is 1.10. The van der Waals surface area contributed by atoms with Crippen LogP contribution >= 0.6 is 0 Å². The number of nitrogens with zero attached hydrogens (tertiary/aromatic N) is 2. The molecule has 1 radical (unpaired) electrons. The van der Waals surface area contributed by atoms with Gasteiger partial charge in [0.1, 0.15) is 0 Å². The van der Waals surface area contributed by atoms with Gasteiger partial charge < -0.3 is 5.73 Å². The van der Waals surface area contributed by atoms with Crippen LogP contribution in [0.5, 0.6) is 0 Å².